The first kappa shape index (κ1) is 14.5. The summed E-state index contributed by atoms with van der Waals surface area (Å²) in [5.41, 5.74) is 1.67. The first-order valence-corrected chi connectivity index (χ1v) is 7.24. The van der Waals surface area contributed by atoms with E-state index in [9.17, 15) is 4.79 Å². The average molecular weight is 271 g/mol. The van der Waals surface area contributed by atoms with Crippen LogP contribution in [0.1, 0.15) is 36.8 Å². The Morgan fingerprint density at radius 2 is 2.20 bits per heavy atom. The Balaban J connectivity index is 1.67. The molecule has 106 valence electrons. The number of carbonyl (C=O) groups excluding carboxylic acids is 1. The van der Waals surface area contributed by atoms with Crippen LogP contribution in [0.5, 0.6) is 0 Å². The first-order valence-electron chi connectivity index (χ1n) is 7.24. The smallest absolute Gasteiger partial charge is 0.220 e. The van der Waals surface area contributed by atoms with E-state index >= 15 is 0 Å². The van der Waals surface area contributed by atoms with Gasteiger partial charge >= 0.3 is 0 Å². The Kier molecular flexibility index (Phi) is 5.57. The van der Waals surface area contributed by atoms with E-state index < -0.39 is 0 Å². The standard InChI is InChI=1S/C16H21N3O/c17-10-13-3-5-15(6-4-13)12-19-16(20)8-7-14-2-1-9-18-11-14/h3-6,14,18H,1-2,7-9,11-12H2,(H,19,20). The van der Waals surface area contributed by atoms with Crippen molar-refractivity contribution in [1.29, 1.82) is 5.26 Å². The highest BCUT2D eigenvalue weighted by molar-refractivity contribution is 5.75. The van der Waals surface area contributed by atoms with Gasteiger partial charge in [0.25, 0.3) is 0 Å². The minimum atomic E-state index is 0.111. The number of nitriles is 1. The van der Waals surface area contributed by atoms with Gasteiger partial charge in [-0.2, -0.15) is 5.26 Å². The van der Waals surface area contributed by atoms with E-state index in [1.165, 1.54) is 12.8 Å². The summed E-state index contributed by atoms with van der Waals surface area (Å²) in [6.45, 7) is 2.69. The zero-order valence-corrected chi connectivity index (χ0v) is 11.7. The number of amides is 1. The Bertz CT molecular complexity index is 469. The number of piperidine rings is 1. The third-order valence-corrected chi connectivity index (χ3v) is 3.75. The molecule has 4 nitrogen and oxygen atoms in total. The lowest BCUT2D eigenvalue weighted by atomic mass is 9.94. The molecule has 1 amide bonds. The van der Waals surface area contributed by atoms with E-state index in [2.05, 4.69) is 16.7 Å². The van der Waals surface area contributed by atoms with Gasteiger partial charge in [-0.3, -0.25) is 4.79 Å². The van der Waals surface area contributed by atoms with Gasteiger partial charge in [-0.25, -0.2) is 0 Å². The van der Waals surface area contributed by atoms with E-state index in [0.29, 0.717) is 24.4 Å². The third kappa shape index (κ3) is 4.67. The van der Waals surface area contributed by atoms with Gasteiger partial charge in [0.2, 0.25) is 5.91 Å². The van der Waals surface area contributed by atoms with E-state index in [1.54, 1.807) is 12.1 Å². The molecule has 0 aliphatic carbocycles. The summed E-state index contributed by atoms with van der Waals surface area (Å²) in [5, 5.41) is 15.0. The molecule has 0 bridgehead atoms. The number of nitrogens with zero attached hydrogens (tertiary/aromatic N) is 1. The van der Waals surface area contributed by atoms with Gasteiger partial charge in [0.05, 0.1) is 11.6 Å². The molecule has 0 spiro atoms. The summed E-state index contributed by atoms with van der Waals surface area (Å²) >= 11 is 0. The predicted molar refractivity (Wildman–Crippen MR) is 77.8 cm³/mol. The molecule has 1 aliphatic heterocycles. The second kappa shape index (κ2) is 7.66. The Morgan fingerprint density at radius 3 is 2.85 bits per heavy atom. The van der Waals surface area contributed by atoms with Gasteiger partial charge in [0, 0.05) is 13.0 Å². The highest BCUT2D eigenvalue weighted by Crippen LogP contribution is 2.15. The predicted octanol–water partition coefficient (Wildman–Crippen LogP) is 1.95. The van der Waals surface area contributed by atoms with Crippen molar-refractivity contribution in [3.8, 4) is 6.07 Å². The van der Waals surface area contributed by atoms with Crippen molar-refractivity contribution >= 4 is 5.91 Å². The maximum atomic E-state index is 11.8. The highest BCUT2D eigenvalue weighted by atomic mass is 16.1. The molecular weight excluding hydrogens is 250 g/mol. The van der Waals surface area contributed by atoms with Crippen molar-refractivity contribution in [3.05, 3.63) is 35.4 Å². The van der Waals surface area contributed by atoms with Gasteiger partial charge in [0.15, 0.2) is 0 Å². The van der Waals surface area contributed by atoms with Crippen LogP contribution >= 0.6 is 0 Å². The molecule has 1 fully saturated rings. The Morgan fingerprint density at radius 1 is 1.40 bits per heavy atom. The van der Waals surface area contributed by atoms with Crippen molar-refractivity contribution in [1.82, 2.24) is 10.6 Å². The van der Waals surface area contributed by atoms with E-state index in [4.69, 9.17) is 5.26 Å². The van der Waals surface area contributed by atoms with Crippen molar-refractivity contribution in [2.24, 2.45) is 5.92 Å². The normalized spacial score (nSPS) is 18.2. The number of hydrogen-bond donors (Lipinski definition) is 2. The molecule has 1 heterocycles. The van der Waals surface area contributed by atoms with E-state index in [0.717, 1.165) is 25.1 Å². The highest BCUT2D eigenvalue weighted by Gasteiger charge is 2.14. The van der Waals surface area contributed by atoms with Crippen LogP contribution in [-0.4, -0.2) is 19.0 Å². The van der Waals surface area contributed by atoms with Crippen LogP contribution in [0.25, 0.3) is 0 Å². The first-order chi connectivity index (χ1) is 9.78. The summed E-state index contributed by atoms with van der Waals surface area (Å²) in [6.07, 6.45) is 4.02. The quantitative estimate of drug-likeness (QED) is 0.860. The molecule has 1 aromatic rings. The number of benzene rings is 1. The van der Waals surface area contributed by atoms with Crippen LogP contribution in [0.2, 0.25) is 0 Å². The zero-order chi connectivity index (χ0) is 14.2. The molecule has 20 heavy (non-hydrogen) atoms. The van der Waals surface area contributed by atoms with Crippen molar-refractivity contribution in [2.45, 2.75) is 32.2 Å². The molecule has 1 saturated heterocycles. The topological polar surface area (TPSA) is 64.9 Å². The monoisotopic (exact) mass is 271 g/mol. The van der Waals surface area contributed by atoms with Gasteiger partial charge in [-0.1, -0.05) is 12.1 Å². The summed E-state index contributed by atoms with van der Waals surface area (Å²) in [6, 6.07) is 9.39. The molecule has 0 saturated carbocycles. The average Bonchev–Trinajstić information content (AvgIpc) is 2.52. The number of rotatable bonds is 5. The van der Waals surface area contributed by atoms with Crippen LogP contribution in [0.15, 0.2) is 24.3 Å². The lowest BCUT2D eigenvalue weighted by Gasteiger charge is -2.22. The molecule has 4 heteroatoms. The summed E-state index contributed by atoms with van der Waals surface area (Å²) in [4.78, 5) is 11.8. The van der Waals surface area contributed by atoms with Gasteiger partial charge in [-0.05, 0) is 56.0 Å². The largest absolute Gasteiger partial charge is 0.352 e. The summed E-state index contributed by atoms with van der Waals surface area (Å²) in [7, 11) is 0. The SMILES string of the molecule is N#Cc1ccc(CNC(=O)CCC2CCCNC2)cc1. The van der Waals surface area contributed by atoms with Crippen LogP contribution < -0.4 is 10.6 Å². The maximum Gasteiger partial charge on any atom is 0.220 e. The molecule has 2 rings (SSSR count). The fourth-order valence-electron chi connectivity index (χ4n) is 2.49. The number of nitrogens with one attached hydrogen (secondary N) is 2. The molecule has 1 aromatic carbocycles. The molecule has 1 aliphatic rings. The minimum Gasteiger partial charge on any atom is -0.352 e. The Hall–Kier alpha value is -1.86. The summed E-state index contributed by atoms with van der Waals surface area (Å²) in [5.74, 6) is 0.754. The molecule has 1 atom stereocenters. The minimum absolute atomic E-state index is 0.111. The lowest BCUT2D eigenvalue weighted by molar-refractivity contribution is -0.121. The second-order valence-corrected chi connectivity index (χ2v) is 5.34. The number of carbonyl (C=O) groups is 1. The third-order valence-electron chi connectivity index (χ3n) is 3.75. The van der Waals surface area contributed by atoms with Crippen LogP contribution in [0.3, 0.4) is 0 Å². The molecule has 1 unspecified atom stereocenters. The molecule has 0 radical (unpaired) electrons. The van der Waals surface area contributed by atoms with Crippen molar-refractivity contribution < 1.29 is 4.79 Å². The van der Waals surface area contributed by atoms with Gasteiger partial charge < -0.3 is 10.6 Å². The second-order valence-electron chi connectivity index (χ2n) is 5.34. The van der Waals surface area contributed by atoms with Gasteiger partial charge in [0.1, 0.15) is 0 Å². The molecule has 2 N–H and O–H groups in total. The maximum absolute atomic E-state index is 11.8. The fourth-order valence-corrected chi connectivity index (χ4v) is 2.49. The zero-order valence-electron chi connectivity index (χ0n) is 11.7. The van der Waals surface area contributed by atoms with E-state index in [-0.39, 0.29) is 5.91 Å². The van der Waals surface area contributed by atoms with Crippen LogP contribution in [0.4, 0.5) is 0 Å². The van der Waals surface area contributed by atoms with Crippen molar-refractivity contribution in [2.75, 3.05) is 13.1 Å². The Labute approximate surface area is 120 Å². The van der Waals surface area contributed by atoms with Crippen LogP contribution in [0, 0.1) is 17.2 Å². The fraction of sp³-hybridized carbons (Fsp3) is 0.500. The van der Waals surface area contributed by atoms with Crippen LogP contribution in [-0.2, 0) is 11.3 Å². The number of hydrogen-bond acceptors (Lipinski definition) is 3. The molecule has 0 aromatic heterocycles. The van der Waals surface area contributed by atoms with E-state index in [1.807, 2.05) is 12.1 Å². The van der Waals surface area contributed by atoms with Crippen molar-refractivity contribution in [3.63, 3.8) is 0 Å². The van der Waals surface area contributed by atoms with Gasteiger partial charge in [-0.15, -0.1) is 0 Å². The summed E-state index contributed by atoms with van der Waals surface area (Å²) < 4.78 is 0. The lowest BCUT2D eigenvalue weighted by Crippen LogP contribution is -2.31. The molecular formula is C16H21N3O.